The summed E-state index contributed by atoms with van der Waals surface area (Å²) in [7, 11) is 1.91. The first-order valence-corrected chi connectivity index (χ1v) is 8.34. The van der Waals surface area contributed by atoms with Crippen molar-refractivity contribution in [3.8, 4) is 11.5 Å². The van der Waals surface area contributed by atoms with Crippen LogP contribution in [-0.2, 0) is 0 Å². The van der Waals surface area contributed by atoms with E-state index in [4.69, 9.17) is 9.47 Å². The summed E-state index contributed by atoms with van der Waals surface area (Å²) in [6.07, 6.45) is 5.91. The zero-order valence-corrected chi connectivity index (χ0v) is 13.9. The minimum Gasteiger partial charge on any atom is -0.494 e. The molecule has 0 atom stereocenters. The number of ether oxygens (including phenoxy) is 2. The van der Waals surface area contributed by atoms with Gasteiger partial charge in [0.25, 0.3) is 5.91 Å². The fourth-order valence-corrected chi connectivity index (χ4v) is 3.03. The lowest BCUT2D eigenvalue weighted by molar-refractivity contribution is 0.0692. The Labute approximate surface area is 133 Å². The number of carbonyl (C=O) groups is 1. The Hall–Kier alpha value is -1.71. The molecule has 1 aliphatic carbocycles. The maximum Gasteiger partial charge on any atom is 0.257 e. The van der Waals surface area contributed by atoms with E-state index in [1.54, 1.807) is 0 Å². The van der Waals surface area contributed by atoms with Crippen molar-refractivity contribution in [1.29, 1.82) is 0 Å². The van der Waals surface area contributed by atoms with E-state index in [-0.39, 0.29) is 5.91 Å². The Bertz CT molecular complexity index is 495. The van der Waals surface area contributed by atoms with Crippen LogP contribution in [0.5, 0.6) is 11.5 Å². The fourth-order valence-electron chi connectivity index (χ4n) is 3.03. The molecule has 1 saturated carbocycles. The summed E-state index contributed by atoms with van der Waals surface area (Å²) < 4.78 is 11.2. The van der Waals surface area contributed by atoms with E-state index in [1.165, 1.54) is 19.3 Å². The summed E-state index contributed by atoms with van der Waals surface area (Å²) in [5, 5.41) is 0. The second kappa shape index (κ2) is 8.06. The number of amides is 1. The van der Waals surface area contributed by atoms with E-state index in [0.29, 0.717) is 30.6 Å². The number of hydrogen-bond acceptors (Lipinski definition) is 3. The van der Waals surface area contributed by atoms with E-state index < -0.39 is 0 Å². The van der Waals surface area contributed by atoms with Gasteiger partial charge in [-0.05, 0) is 38.8 Å². The van der Waals surface area contributed by atoms with Crippen molar-refractivity contribution in [2.24, 2.45) is 0 Å². The van der Waals surface area contributed by atoms with Gasteiger partial charge in [-0.1, -0.05) is 19.3 Å². The van der Waals surface area contributed by atoms with E-state index in [2.05, 4.69) is 0 Å². The molecule has 1 aliphatic rings. The molecule has 4 nitrogen and oxygen atoms in total. The van der Waals surface area contributed by atoms with Gasteiger partial charge in [0.2, 0.25) is 0 Å². The molecule has 0 radical (unpaired) electrons. The molecule has 0 saturated heterocycles. The smallest absolute Gasteiger partial charge is 0.257 e. The Kier molecular flexibility index (Phi) is 6.10. The van der Waals surface area contributed by atoms with Crippen LogP contribution in [0.3, 0.4) is 0 Å². The summed E-state index contributed by atoms with van der Waals surface area (Å²) in [5.41, 5.74) is 0.623. The molecule has 1 aromatic carbocycles. The Balaban J connectivity index is 2.19. The fraction of sp³-hybridized carbons (Fsp3) is 0.611. The second-order valence-corrected chi connectivity index (χ2v) is 5.73. The highest BCUT2D eigenvalue weighted by molar-refractivity contribution is 5.97. The minimum absolute atomic E-state index is 0.0402. The van der Waals surface area contributed by atoms with Crippen LogP contribution in [0.4, 0.5) is 0 Å². The zero-order valence-electron chi connectivity index (χ0n) is 13.9. The van der Waals surface area contributed by atoms with Crippen LogP contribution in [0, 0.1) is 0 Å². The largest absolute Gasteiger partial charge is 0.494 e. The van der Waals surface area contributed by atoms with Gasteiger partial charge in [-0.25, -0.2) is 0 Å². The maximum absolute atomic E-state index is 12.8. The van der Waals surface area contributed by atoms with Crippen LogP contribution in [0.25, 0.3) is 0 Å². The lowest BCUT2D eigenvalue weighted by Crippen LogP contribution is -2.38. The number of rotatable bonds is 6. The van der Waals surface area contributed by atoms with Crippen LogP contribution >= 0.6 is 0 Å². The average Bonchev–Trinajstić information content (AvgIpc) is 2.55. The predicted molar refractivity (Wildman–Crippen MR) is 87.7 cm³/mol. The van der Waals surface area contributed by atoms with E-state index >= 15 is 0 Å². The van der Waals surface area contributed by atoms with Gasteiger partial charge in [0.15, 0.2) is 0 Å². The maximum atomic E-state index is 12.8. The molecular formula is C18H27NO3. The van der Waals surface area contributed by atoms with Crippen molar-refractivity contribution in [2.75, 3.05) is 20.3 Å². The standard InChI is InChI=1S/C18H27NO3/c1-4-21-15-11-12-16(17(13-15)22-5-2)18(20)19(3)14-9-7-6-8-10-14/h11-14H,4-10H2,1-3H3. The van der Waals surface area contributed by atoms with Crippen molar-refractivity contribution in [3.63, 3.8) is 0 Å². The number of benzene rings is 1. The lowest BCUT2D eigenvalue weighted by Gasteiger charge is -2.31. The zero-order chi connectivity index (χ0) is 15.9. The molecule has 0 spiro atoms. The summed E-state index contributed by atoms with van der Waals surface area (Å²) in [6.45, 7) is 4.99. The third-order valence-corrected chi connectivity index (χ3v) is 4.24. The van der Waals surface area contributed by atoms with Crippen LogP contribution in [0.2, 0.25) is 0 Å². The van der Waals surface area contributed by atoms with E-state index in [1.807, 2.05) is 44.0 Å². The van der Waals surface area contributed by atoms with Gasteiger partial charge in [-0.3, -0.25) is 4.79 Å². The molecule has 22 heavy (non-hydrogen) atoms. The van der Waals surface area contributed by atoms with Gasteiger partial charge >= 0.3 is 0 Å². The Morgan fingerprint density at radius 3 is 2.45 bits per heavy atom. The van der Waals surface area contributed by atoms with Gasteiger partial charge in [0.1, 0.15) is 11.5 Å². The Morgan fingerprint density at radius 2 is 1.82 bits per heavy atom. The quantitative estimate of drug-likeness (QED) is 0.800. The predicted octanol–water partition coefficient (Wildman–Crippen LogP) is 3.89. The third-order valence-electron chi connectivity index (χ3n) is 4.24. The van der Waals surface area contributed by atoms with Crippen molar-refractivity contribution >= 4 is 5.91 Å². The monoisotopic (exact) mass is 305 g/mol. The highest BCUT2D eigenvalue weighted by atomic mass is 16.5. The summed E-state index contributed by atoms with van der Waals surface area (Å²) in [6, 6.07) is 5.82. The molecule has 1 aromatic rings. The second-order valence-electron chi connectivity index (χ2n) is 5.73. The summed E-state index contributed by atoms with van der Waals surface area (Å²) >= 11 is 0. The highest BCUT2D eigenvalue weighted by Crippen LogP contribution is 2.29. The van der Waals surface area contributed by atoms with Crippen molar-refractivity contribution in [3.05, 3.63) is 23.8 Å². The molecule has 0 unspecified atom stereocenters. The molecule has 0 aromatic heterocycles. The highest BCUT2D eigenvalue weighted by Gasteiger charge is 2.25. The van der Waals surface area contributed by atoms with Gasteiger partial charge < -0.3 is 14.4 Å². The number of carbonyl (C=O) groups excluding carboxylic acids is 1. The SMILES string of the molecule is CCOc1ccc(C(=O)N(C)C2CCCCC2)c(OCC)c1. The van der Waals surface area contributed by atoms with Crippen LogP contribution < -0.4 is 9.47 Å². The molecule has 0 bridgehead atoms. The van der Waals surface area contributed by atoms with Crippen LogP contribution in [0.1, 0.15) is 56.3 Å². The molecule has 122 valence electrons. The summed E-state index contributed by atoms with van der Waals surface area (Å²) in [5.74, 6) is 1.39. The van der Waals surface area contributed by atoms with Crippen molar-refractivity contribution < 1.29 is 14.3 Å². The van der Waals surface area contributed by atoms with Gasteiger partial charge in [-0.15, -0.1) is 0 Å². The number of nitrogens with zero attached hydrogens (tertiary/aromatic N) is 1. The third kappa shape index (κ3) is 3.93. The van der Waals surface area contributed by atoms with Crippen molar-refractivity contribution in [1.82, 2.24) is 4.90 Å². The topological polar surface area (TPSA) is 38.8 Å². The molecule has 4 heteroatoms. The van der Waals surface area contributed by atoms with Gasteiger partial charge in [-0.2, -0.15) is 0 Å². The first kappa shape index (κ1) is 16.7. The number of hydrogen-bond donors (Lipinski definition) is 0. The molecule has 1 fully saturated rings. The molecule has 0 aliphatic heterocycles. The van der Waals surface area contributed by atoms with Crippen molar-refractivity contribution in [2.45, 2.75) is 52.0 Å². The van der Waals surface area contributed by atoms with Crippen LogP contribution in [0.15, 0.2) is 18.2 Å². The molecule has 2 rings (SSSR count). The van der Waals surface area contributed by atoms with Crippen LogP contribution in [-0.4, -0.2) is 37.1 Å². The molecule has 0 N–H and O–H groups in total. The molecular weight excluding hydrogens is 278 g/mol. The van der Waals surface area contributed by atoms with E-state index in [0.717, 1.165) is 18.6 Å². The molecule has 0 heterocycles. The lowest BCUT2D eigenvalue weighted by atomic mass is 9.94. The van der Waals surface area contributed by atoms with Gasteiger partial charge in [0.05, 0.1) is 18.8 Å². The first-order chi connectivity index (χ1) is 10.7. The summed E-state index contributed by atoms with van der Waals surface area (Å²) in [4.78, 5) is 14.7. The molecule has 1 amide bonds. The first-order valence-electron chi connectivity index (χ1n) is 8.34. The minimum atomic E-state index is 0.0402. The van der Waals surface area contributed by atoms with E-state index in [9.17, 15) is 4.79 Å². The van der Waals surface area contributed by atoms with Gasteiger partial charge in [0, 0.05) is 19.2 Å². The Morgan fingerprint density at radius 1 is 1.14 bits per heavy atom. The average molecular weight is 305 g/mol. The normalized spacial score (nSPS) is 15.4.